The van der Waals surface area contributed by atoms with Crippen molar-refractivity contribution in [1.29, 1.82) is 0 Å². The molecule has 1 saturated heterocycles. The zero-order chi connectivity index (χ0) is 29.4. The molecule has 11 heteroatoms. The fourth-order valence-corrected chi connectivity index (χ4v) is 6.65. The minimum Gasteiger partial charge on any atom is -0.390 e. The molecule has 9 nitrogen and oxygen atoms in total. The lowest BCUT2D eigenvalue weighted by Crippen LogP contribution is -2.60. The number of hydrogen-bond acceptors (Lipinski definition) is 5. The molecule has 0 aliphatic carbocycles. The Hall–Kier alpha value is -2.66. The number of aliphatic hydroxyl groups excluding tert-OH is 1. The van der Waals surface area contributed by atoms with Crippen LogP contribution in [0.15, 0.2) is 59.5 Å². The second-order valence-corrected chi connectivity index (χ2v) is 13.4. The summed E-state index contributed by atoms with van der Waals surface area (Å²) >= 11 is 5.97. The molecular formula is C29H41ClN4O5S. The molecule has 3 amide bonds. The zero-order valence-corrected chi connectivity index (χ0v) is 25.2. The van der Waals surface area contributed by atoms with Gasteiger partial charge in [0.2, 0.25) is 15.9 Å². The minimum atomic E-state index is -3.96. The summed E-state index contributed by atoms with van der Waals surface area (Å²) in [7, 11) is -3.96. The number of amides is 3. The van der Waals surface area contributed by atoms with Crippen LogP contribution in [-0.4, -0.2) is 79.0 Å². The summed E-state index contributed by atoms with van der Waals surface area (Å²) in [5.74, 6) is -0.580. The number of halogens is 1. The van der Waals surface area contributed by atoms with Crippen LogP contribution in [0, 0.1) is 11.8 Å². The second-order valence-electron chi connectivity index (χ2n) is 11.0. The number of aliphatic hydroxyl groups is 1. The first-order valence-electron chi connectivity index (χ1n) is 13.7. The van der Waals surface area contributed by atoms with Gasteiger partial charge in [-0.25, -0.2) is 13.2 Å². The SMILES string of the molecule is CC(C)CN(C[C@@H](O)[C@H](Cc1ccccc1)NC(=O)[C@H](C(C)C)N1CCCNC1=O)S(=O)(=O)c1ccc(Cl)cc1. The van der Waals surface area contributed by atoms with Gasteiger partial charge in [0.05, 0.1) is 17.0 Å². The quantitative estimate of drug-likeness (QED) is 0.329. The summed E-state index contributed by atoms with van der Waals surface area (Å²) in [4.78, 5) is 27.8. The van der Waals surface area contributed by atoms with Crippen LogP contribution < -0.4 is 10.6 Å². The van der Waals surface area contributed by atoms with E-state index in [1.54, 1.807) is 0 Å². The molecule has 0 unspecified atom stereocenters. The summed E-state index contributed by atoms with van der Waals surface area (Å²) in [5.41, 5.74) is 0.875. The Labute approximate surface area is 242 Å². The highest BCUT2D eigenvalue weighted by Gasteiger charge is 2.37. The number of carbonyl (C=O) groups is 2. The largest absolute Gasteiger partial charge is 0.390 e. The van der Waals surface area contributed by atoms with Crippen molar-refractivity contribution in [3.63, 3.8) is 0 Å². The molecule has 0 saturated carbocycles. The van der Waals surface area contributed by atoms with Crippen molar-refractivity contribution in [3.8, 4) is 0 Å². The summed E-state index contributed by atoms with van der Waals surface area (Å²) in [6, 6.07) is 13.5. The molecule has 220 valence electrons. The van der Waals surface area contributed by atoms with E-state index in [0.717, 1.165) is 12.0 Å². The maximum absolute atomic E-state index is 13.7. The highest BCUT2D eigenvalue weighted by Crippen LogP contribution is 2.22. The van der Waals surface area contributed by atoms with Gasteiger partial charge in [0, 0.05) is 31.2 Å². The second kappa shape index (κ2) is 14.3. The van der Waals surface area contributed by atoms with Gasteiger partial charge in [0.1, 0.15) is 6.04 Å². The van der Waals surface area contributed by atoms with Gasteiger partial charge in [0.25, 0.3) is 0 Å². The fraction of sp³-hybridized carbons (Fsp3) is 0.517. The molecule has 1 fully saturated rings. The van der Waals surface area contributed by atoms with E-state index >= 15 is 0 Å². The lowest BCUT2D eigenvalue weighted by Gasteiger charge is -2.37. The Morgan fingerprint density at radius 3 is 2.30 bits per heavy atom. The summed E-state index contributed by atoms with van der Waals surface area (Å²) in [5, 5.41) is 17.7. The van der Waals surface area contributed by atoms with Gasteiger partial charge >= 0.3 is 6.03 Å². The normalized spacial score (nSPS) is 16.6. The molecule has 40 heavy (non-hydrogen) atoms. The number of carbonyl (C=O) groups excluding carboxylic acids is 2. The lowest BCUT2D eigenvalue weighted by atomic mass is 9.97. The van der Waals surface area contributed by atoms with Crippen LogP contribution in [0.1, 0.15) is 39.7 Å². The monoisotopic (exact) mass is 592 g/mol. The van der Waals surface area contributed by atoms with Crippen molar-refractivity contribution in [2.75, 3.05) is 26.2 Å². The van der Waals surface area contributed by atoms with Crippen molar-refractivity contribution in [1.82, 2.24) is 19.8 Å². The predicted molar refractivity (Wildman–Crippen MR) is 156 cm³/mol. The third kappa shape index (κ3) is 8.42. The van der Waals surface area contributed by atoms with Crippen LogP contribution in [-0.2, 0) is 21.2 Å². The van der Waals surface area contributed by atoms with Crippen LogP contribution in [0.4, 0.5) is 4.79 Å². The Kier molecular flexibility index (Phi) is 11.4. The Morgan fingerprint density at radius 2 is 1.73 bits per heavy atom. The van der Waals surface area contributed by atoms with Gasteiger partial charge in [0.15, 0.2) is 0 Å². The molecule has 0 aromatic heterocycles. The highest BCUT2D eigenvalue weighted by molar-refractivity contribution is 7.89. The Balaban J connectivity index is 1.89. The Morgan fingerprint density at radius 1 is 1.07 bits per heavy atom. The number of sulfonamides is 1. The molecule has 0 spiro atoms. The van der Waals surface area contributed by atoms with E-state index in [2.05, 4.69) is 10.6 Å². The number of nitrogens with zero attached hydrogens (tertiary/aromatic N) is 2. The van der Waals surface area contributed by atoms with E-state index in [4.69, 9.17) is 11.6 Å². The summed E-state index contributed by atoms with van der Waals surface area (Å²) in [6.07, 6.45) is -0.222. The van der Waals surface area contributed by atoms with Crippen molar-refractivity contribution in [2.45, 2.75) is 63.6 Å². The van der Waals surface area contributed by atoms with Crippen molar-refractivity contribution < 1.29 is 23.1 Å². The summed E-state index contributed by atoms with van der Waals surface area (Å²) in [6.45, 7) is 8.51. The van der Waals surface area contributed by atoms with Gasteiger partial charge in [-0.15, -0.1) is 0 Å². The van der Waals surface area contributed by atoms with Crippen molar-refractivity contribution in [2.24, 2.45) is 11.8 Å². The number of hydrogen-bond donors (Lipinski definition) is 3. The van der Waals surface area contributed by atoms with E-state index < -0.39 is 28.2 Å². The molecule has 0 radical (unpaired) electrons. The molecule has 3 rings (SSSR count). The fourth-order valence-electron chi connectivity index (χ4n) is 4.91. The van der Waals surface area contributed by atoms with Crippen LogP contribution >= 0.6 is 11.6 Å². The standard InChI is InChI=1S/C29H41ClN4O5S/c1-20(2)18-33(40(38,39)24-13-11-23(30)12-14-24)19-26(35)25(17-22-9-6-5-7-10-22)32-28(36)27(21(3)4)34-16-8-15-31-29(34)37/h5-7,9-14,20-21,25-27,35H,8,15-19H2,1-4H3,(H,31,37)(H,32,36)/t25-,26+,27-/m0/s1. The van der Waals surface area contributed by atoms with Gasteiger partial charge in [-0.3, -0.25) is 4.79 Å². The number of urea groups is 1. The molecule has 1 heterocycles. The van der Waals surface area contributed by atoms with E-state index in [1.807, 2.05) is 58.0 Å². The van der Waals surface area contributed by atoms with E-state index in [9.17, 15) is 23.1 Å². The van der Waals surface area contributed by atoms with Crippen LogP contribution in [0.3, 0.4) is 0 Å². The minimum absolute atomic E-state index is 0.0145. The highest BCUT2D eigenvalue weighted by atomic mass is 35.5. The topological polar surface area (TPSA) is 119 Å². The Bertz CT molecular complexity index is 1220. The molecule has 1 aliphatic heterocycles. The molecule has 1 aliphatic rings. The maximum Gasteiger partial charge on any atom is 0.318 e. The first-order valence-corrected chi connectivity index (χ1v) is 15.5. The number of rotatable bonds is 13. The molecule has 0 bridgehead atoms. The smallest absolute Gasteiger partial charge is 0.318 e. The molecule has 3 atom stereocenters. The van der Waals surface area contributed by atoms with Gasteiger partial charge < -0.3 is 20.6 Å². The molecule has 3 N–H and O–H groups in total. The number of nitrogens with one attached hydrogen (secondary N) is 2. The van der Waals surface area contributed by atoms with Crippen molar-refractivity contribution >= 4 is 33.6 Å². The molecule has 2 aromatic carbocycles. The van der Waals surface area contributed by atoms with Crippen LogP contribution in [0.25, 0.3) is 0 Å². The molecular weight excluding hydrogens is 552 g/mol. The maximum atomic E-state index is 13.7. The first kappa shape index (κ1) is 31.9. The summed E-state index contributed by atoms with van der Waals surface area (Å²) < 4.78 is 28.4. The molecule has 2 aromatic rings. The van der Waals surface area contributed by atoms with E-state index in [1.165, 1.54) is 33.5 Å². The van der Waals surface area contributed by atoms with Crippen molar-refractivity contribution in [3.05, 3.63) is 65.2 Å². The zero-order valence-electron chi connectivity index (χ0n) is 23.6. The average molecular weight is 593 g/mol. The van der Waals surface area contributed by atoms with E-state index in [0.29, 0.717) is 18.1 Å². The first-order chi connectivity index (χ1) is 18.9. The van der Waals surface area contributed by atoms with Crippen LogP contribution in [0.5, 0.6) is 0 Å². The van der Waals surface area contributed by atoms with Gasteiger partial charge in [-0.2, -0.15) is 4.31 Å². The third-order valence-electron chi connectivity index (χ3n) is 6.85. The van der Waals surface area contributed by atoms with Crippen LogP contribution in [0.2, 0.25) is 5.02 Å². The lowest BCUT2D eigenvalue weighted by molar-refractivity contribution is -0.128. The number of benzene rings is 2. The predicted octanol–water partition coefficient (Wildman–Crippen LogP) is 3.52. The third-order valence-corrected chi connectivity index (χ3v) is 8.95. The van der Waals surface area contributed by atoms with Gasteiger partial charge in [-0.05, 0) is 54.5 Å². The van der Waals surface area contributed by atoms with E-state index in [-0.39, 0.29) is 48.2 Å². The average Bonchev–Trinajstić information content (AvgIpc) is 2.89. The van der Waals surface area contributed by atoms with Gasteiger partial charge in [-0.1, -0.05) is 69.6 Å².